The van der Waals surface area contributed by atoms with E-state index < -0.39 is 11.8 Å². The van der Waals surface area contributed by atoms with Gasteiger partial charge in [-0.05, 0) is 43.5 Å². The van der Waals surface area contributed by atoms with Gasteiger partial charge in [-0.1, -0.05) is 56.9 Å². The molecule has 0 heterocycles. The summed E-state index contributed by atoms with van der Waals surface area (Å²) in [6.45, 7) is 1.91. The minimum Gasteiger partial charge on any atom is -0.507 e. The Labute approximate surface area is 210 Å². The summed E-state index contributed by atoms with van der Waals surface area (Å²) in [4.78, 5) is 48.3. The first-order valence-corrected chi connectivity index (χ1v) is 12.1. The molecular formula is C26H34N4O6. The quantitative estimate of drug-likeness (QED) is 0.195. The van der Waals surface area contributed by atoms with Gasteiger partial charge in [0.1, 0.15) is 11.5 Å². The molecule has 2 rings (SSSR count). The second-order valence-corrected chi connectivity index (χ2v) is 8.39. The summed E-state index contributed by atoms with van der Waals surface area (Å²) < 4.78 is 0. The number of hydrazine groups is 2. The van der Waals surface area contributed by atoms with Gasteiger partial charge in [-0.3, -0.25) is 40.9 Å². The lowest BCUT2D eigenvalue weighted by Gasteiger charge is -2.15. The number of rotatable bonds is 12. The lowest BCUT2D eigenvalue weighted by Crippen LogP contribution is -2.44. The fourth-order valence-corrected chi connectivity index (χ4v) is 3.60. The molecule has 10 heteroatoms. The normalized spacial score (nSPS) is 11.2. The van der Waals surface area contributed by atoms with Gasteiger partial charge in [0, 0.05) is 12.3 Å². The van der Waals surface area contributed by atoms with Gasteiger partial charge in [0.05, 0.1) is 11.1 Å². The monoisotopic (exact) mass is 498 g/mol. The predicted molar refractivity (Wildman–Crippen MR) is 134 cm³/mol. The Morgan fingerprint density at radius 1 is 0.694 bits per heavy atom. The van der Waals surface area contributed by atoms with Gasteiger partial charge in [-0.15, -0.1) is 0 Å². The van der Waals surface area contributed by atoms with Crippen molar-refractivity contribution in [1.29, 1.82) is 0 Å². The van der Waals surface area contributed by atoms with E-state index in [1.165, 1.54) is 24.3 Å². The molecule has 0 saturated carbocycles. The number of aromatic hydroxyl groups is 2. The molecule has 6 N–H and O–H groups in total. The van der Waals surface area contributed by atoms with E-state index in [1.54, 1.807) is 24.3 Å². The summed E-state index contributed by atoms with van der Waals surface area (Å²) in [7, 11) is 0. The topological polar surface area (TPSA) is 157 Å². The van der Waals surface area contributed by atoms with Gasteiger partial charge in [-0.2, -0.15) is 0 Å². The third-order valence-electron chi connectivity index (χ3n) is 5.73. The van der Waals surface area contributed by atoms with E-state index in [1.807, 2.05) is 6.92 Å². The van der Waals surface area contributed by atoms with Crippen molar-refractivity contribution in [1.82, 2.24) is 21.7 Å². The van der Waals surface area contributed by atoms with Crippen LogP contribution in [-0.2, 0) is 9.59 Å². The number of carbonyl (C=O) groups excluding carboxylic acids is 4. The molecule has 10 nitrogen and oxygen atoms in total. The van der Waals surface area contributed by atoms with Gasteiger partial charge in [0.15, 0.2) is 0 Å². The fourth-order valence-electron chi connectivity index (χ4n) is 3.60. The van der Waals surface area contributed by atoms with E-state index in [2.05, 4.69) is 21.7 Å². The zero-order valence-corrected chi connectivity index (χ0v) is 20.4. The van der Waals surface area contributed by atoms with Crippen LogP contribution in [0, 0.1) is 5.92 Å². The summed E-state index contributed by atoms with van der Waals surface area (Å²) in [5, 5.41) is 19.4. The SMILES string of the molecule is CCC(CCCCCCCC(=O)NNC(=O)c1ccccc1O)C(=O)NNC(=O)c1ccccc1O. The molecule has 2 aromatic rings. The number of phenolic OH excluding ortho intramolecular Hbond substituents is 2. The first-order chi connectivity index (χ1) is 17.3. The van der Waals surface area contributed by atoms with Crippen molar-refractivity contribution in [2.75, 3.05) is 0 Å². The van der Waals surface area contributed by atoms with Gasteiger partial charge < -0.3 is 10.2 Å². The molecule has 1 atom stereocenters. The van der Waals surface area contributed by atoms with Crippen LogP contribution in [0.3, 0.4) is 0 Å². The molecule has 0 bridgehead atoms. The van der Waals surface area contributed by atoms with E-state index in [4.69, 9.17) is 0 Å². The molecule has 0 aromatic heterocycles. The minimum absolute atomic E-state index is 0.0785. The maximum Gasteiger partial charge on any atom is 0.273 e. The molecule has 0 fully saturated rings. The third kappa shape index (κ3) is 9.28. The molecule has 0 radical (unpaired) electrons. The van der Waals surface area contributed by atoms with E-state index in [0.717, 1.165) is 25.7 Å². The molecule has 2 aromatic carbocycles. The third-order valence-corrected chi connectivity index (χ3v) is 5.73. The molecule has 0 aliphatic rings. The zero-order valence-electron chi connectivity index (χ0n) is 20.4. The first kappa shape index (κ1) is 28.2. The Balaban J connectivity index is 1.55. The molecule has 0 spiro atoms. The number of para-hydroxylation sites is 2. The largest absolute Gasteiger partial charge is 0.507 e. The molecule has 194 valence electrons. The molecule has 0 aliphatic carbocycles. The summed E-state index contributed by atoms with van der Waals surface area (Å²) in [6, 6.07) is 12.1. The fraction of sp³-hybridized carbons (Fsp3) is 0.385. The second-order valence-electron chi connectivity index (χ2n) is 8.39. The van der Waals surface area contributed by atoms with E-state index >= 15 is 0 Å². The number of amides is 4. The Hall–Kier alpha value is -4.08. The van der Waals surface area contributed by atoms with Crippen LogP contribution in [0.15, 0.2) is 48.5 Å². The molecular weight excluding hydrogens is 464 g/mol. The van der Waals surface area contributed by atoms with Gasteiger partial charge in [0.25, 0.3) is 11.8 Å². The van der Waals surface area contributed by atoms with Crippen molar-refractivity contribution in [2.45, 2.75) is 58.3 Å². The average Bonchev–Trinajstić information content (AvgIpc) is 2.87. The van der Waals surface area contributed by atoms with E-state index in [0.29, 0.717) is 19.3 Å². The predicted octanol–water partition coefficient (Wildman–Crippen LogP) is 3.08. The van der Waals surface area contributed by atoms with Crippen LogP contribution < -0.4 is 21.7 Å². The average molecular weight is 499 g/mol. The minimum atomic E-state index is -0.589. The summed E-state index contributed by atoms with van der Waals surface area (Å²) >= 11 is 0. The number of unbranched alkanes of at least 4 members (excludes halogenated alkanes) is 4. The number of benzene rings is 2. The molecule has 0 saturated heterocycles. The van der Waals surface area contributed by atoms with Crippen LogP contribution >= 0.6 is 0 Å². The Morgan fingerprint density at radius 3 is 1.75 bits per heavy atom. The molecule has 1 unspecified atom stereocenters. The van der Waals surface area contributed by atoms with Crippen LogP contribution in [0.1, 0.15) is 79.0 Å². The molecule has 36 heavy (non-hydrogen) atoms. The van der Waals surface area contributed by atoms with Crippen LogP contribution in [-0.4, -0.2) is 33.8 Å². The zero-order chi connectivity index (χ0) is 26.3. The summed E-state index contributed by atoms with van der Waals surface area (Å²) in [5.41, 5.74) is 9.55. The Bertz CT molecular complexity index is 1040. The highest BCUT2D eigenvalue weighted by Crippen LogP contribution is 2.17. The van der Waals surface area contributed by atoms with Gasteiger partial charge >= 0.3 is 0 Å². The van der Waals surface area contributed by atoms with Crippen molar-refractivity contribution in [3.05, 3.63) is 59.7 Å². The number of hydrogen-bond donors (Lipinski definition) is 6. The van der Waals surface area contributed by atoms with Crippen molar-refractivity contribution in [3.8, 4) is 11.5 Å². The lowest BCUT2D eigenvalue weighted by molar-refractivity contribution is -0.126. The van der Waals surface area contributed by atoms with Crippen LogP contribution in [0.5, 0.6) is 11.5 Å². The standard InChI is InChI=1S/C26H34N4O6/c1-2-18(24(34)28-30-26(36)20-14-9-11-16-22(20)32)12-6-4-3-5-7-17-23(33)27-29-25(35)19-13-8-10-15-21(19)31/h8-11,13-16,18,31-32H,2-7,12,17H2,1H3,(H,27,33)(H,28,34)(H,29,35)(H,30,36). The smallest absolute Gasteiger partial charge is 0.273 e. The summed E-state index contributed by atoms with van der Waals surface area (Å²) in [6.07, 6.45) is 5.70. The maximum absolute atomic E-state index is 12.4. The van der Waals surface area contributed by atoms with Crippen LogP contribution in [0.4, 0.5) is 0 Å². The van der Waals surface area contributed by atoms with Crippen molar-refractivity contribution < 1.29 is 29.4 Å². The Kier molecular flexibility index (Phi) is 11.8. The van der Waals surface area contributed by atoms with Gasteiger partial charge in [-0.25, -0.2) is 0 Å². The van der Waals surface area contributed by atoms with Crippen molar-refractivity contribution in [2.24, 2.45) is 5.92 Å². The first-order valence-electron chi connectivity index (χ1n) is 12.1. The Morgan fingerprint density at radius 2 is 1.19 bits per heavy atom. The summed E-state index contributed by atoms with van der Waals surface area (Å²) in [5.74, 6) is -2.33. The highest BCUT2D eigenvalue weighted by molar-refractivity contribution is 5.98. The number of carbonyl (C=O) groups is 4. The van der Waals surface area contributed by atoms with Crippen LogP contribution in [0.25, 0.3) is 0 Å². The van der Waals surface area contributed by atoms with Crippen molar-refractivity contribution in [3.63, 3.8) is 0 Å². The second kappa shape index (κ2) is 15.0. The maximum atomic E-state index is 12.4. The number of nitrogens with one attached hydrogen (secondary N) is 4. The molecule has 4 amide bonds. The number of hydrogen-bond acceptors (Lipinski definition) is 6. The highest BCUT2D eigenvalue weighted by atomic mass is 16.3. The van der Waals surface area contributed by atoms with Crippen molar-refractivity contribution >= 4 is 23.6 Å². The number of phenols is 2. The lowest BCUT2D eigenvalue weighted by atomic mass is 9.97. The van der Waals surface area contributed by atoms with Crippen LogP contribution in [0.2, 0.25) is 0 Å². The van der Waals surface area contributed by atoms with Gasteiger partial charge in [0.2, 0.25) is 11.8 Å². The van der Waals surface area contributed by atoms with E-state index in [-0.39, 0.29) is 46.8 Å². The highest BCUT2D eigenvalue weighted by Gasteiger charge is 2.18. The molecule has 0 aliphatic heterocycles. The van der Waals surface area contributed by atoms with E-state index in [9.17, 15) is 29.4 Å².